The van der Waals surface area contributed by atoms with Crippen LogP contribution in [-0.4, -0.2) is 73.6 Å². The Kier molecular flexibility index (Phi) is 7.56. The van der Waals surface area contributed by atoms with Crippen molar-refractivity contribution in [2.75, 3.05) is 73.0 Å². The van der Waals surface area contributed by atoms with Gasteiger partial charge in [0.25, 0.3) is 0 Å². The van der Waals surface area contributed by atoms with Crippen molar-refractivity contribution >= 4 is 29.3 Å². The summed E-state index contributed by atoms with van der Waals surface area (Å²) in [7, 11) is 0. The smallest absolute Gasteiger partial charge is 0.378 e. The van der Waals surface area contributed by atoms with Crippen LogP contribution in [0.5, 0.6) is 0 Å². The summed E-state index contributed by atoms with van der Waals surface area (Å²) in [6.45, 7) is 5.13. The molecule has 2 amide bonds. The summed E-state index contributed by atoms with van der Waals surface area (Å²) >= 11 is 0. The van der Waals surface area contributed by atoms with E-state index in [0.717, 1.165) is 17.7 Å². The second-order valence-electron chi connectivity index (χ2n) is 8.69. The zero-order valence-electron chi connectivity index (χ0n) is 20.4. The topological polar surface area (TPSA) is 105 Å². The van der Waals surface area contributed by atoms with Gasteiger partial charge >= 0.3 is 12.2 Å². The van der Waals surface area contributed by atoms with E-state index in [2.05, 4.69) is 20.4 Å². The predicted octanol–water partition coefficient (Wildman–Crippen LogP) is 3.87. The molecule has 200 valence electrons. The summed E-state index contributed by atoms with van der Waals surface area (Å²) < 4.78 is 49.1. The van der Waals surface area contributed by atoms with E-state index in [1.807, 2.05) is 0 Å². The van der Waals surface area contributed by atoms with E-state index >= 15 is 0 Å². The highest BCUT2D eigenvalue weighted by Gasteiger charge is 2.30. The number of anilines is 4. The van der Waals surface area contributed by atoms with E-state index in [0.29, 0.717) is 76.0 Å². The lowest BCUT2D eigenvalue weighted by Gasteiger charge is -2.30. The summed E-state index contributed by atoms with van der Waals surface area (Å²) in [5.74, 6) is 1.67. The van der Waals surface area contributed by atoms with E-state index < -0.39 is 17.8 Å². The maximum absolute atomic E-state index is 12.7. The highest BCUT2D eigenvalue weighted by atomic mass is 19.4. The lowest BCUT2D eigenvalue weighted by molar-refractivity contribution is -0.137. The van der Waals surface area contributed by atoms with Crippen molar-refractivity contribution in [2.24, 2.45) is 0 Å². The lowest BCUT2D eigenvalue weighted by atomic mass is 10.2. The Morgan fingerprint density at radius 2 is 1.16 bits per heavy atom. The highest BCUT2D eigenvalue weighted by molar-refractivity contribution is 5.99. The number of amides is 2. The van der Waals surface area contributed by atoms with Crippen molar-refractivity contribution in [3.63, 3.8) is 0 Å². The number of rotatable bonds is 5. The molecule has 2 saturated heterocycles. The zero-order chi connectivity index (χ0) is 26.5. The van der Waals surface area contributed by atoms with E-state index in [4.69, 9.17) is 24.4 Å². The highest BCUT2D eigenvalue weighted by Crippen LogP contribution is 2.30. The van der Waals surface area contributed by atoms with Gasteiger partial charge in [-0.2, -0.15) is 28.1 Å². The first kappa shape index (κ1) is 25.7. The molecule has 2 fully saturated rings. The van der Waals surface area contributed by atoms with Gasteiger partial charge in [-0.05, 0) is 48.5 Å². The SMILES string of the molecule is O=C(Nc1ccc(-c2nc(N3CCOCC3)nc(N3CCOCC3)n2)cc1)Nc1ccc(C(F)(F)F)cc1. The number of ether oxygens (including phenoxy) is 2. The van der Waals surface area contributed by atoms with Crippen LogP contribution >= 0.6 is 0 Å². The van der Waals surface area contributed by atoms with Gasteiger partial charge in [0.1, 0.15) is 0 Å². The van der Waals surface area contributed by atoms with Gasteiger partial charge in [0.05, 0.1) is 32.0 Å². The minimum atomic E-state index is -4.44. The number of hydrogen-bond acceptors (Lipinski definition) is 8. The van der Waals surface area contributed by atoms with Gasteiger partial charge in [-0.1, -0.05) is 0 Å². The molecular formula is C25H26F3N7O3. The molecule has 1 aromatic heterocycles. The maximum Gasteiger partial charge on any atom is 0.416 e. The Bertz CT molecular complexity index is 1210. The third-order valence-electron chi connectivity index (χ3n) is 6.07. The van der Waals surface area contributed by atoms with E-state index in [-0.39, 0.29) is 5.69 Å². The van der Waals surface area contributed by atoms with Gasteiger partial charge in [0.2, 0.25) is 11.9 Å². The van der Waals surface area contributed by atoms with Crippen LogP contribution < -0.4 is 20.4 Å². The average molecular weight is 530 g/mol. The number of nitrogens with one attached hydrogen (secondary N) is 2. The maximum atomic E-state index is 12.7. The molecule has 0 spiro atoms. The molecule has 38 heavy (non-hydrogen) atoms. The van der Waals surface area contributed by atoms with E-state index in [1.165, 1.54) is 12.1 Å². The Balaban J connectivity index is 1.30. The summed E-state index contributed by atoms with van der Waals surface area (Å²) in [5, 5.41) is 5.19. The zero-order valence-corrected chi connectivity index (χ0v) is 20.4. The average Bonchev–Trinajstić information content (AvgIpc) is 2.94. The number of carbonyl (C=O) groups excluding carboxylic acids is 1. The number of carbonyl (C=O) groups is 1. The largest absolute Gasteiger partial charge is 0.416 e. The Hall–Kier alpha value is -3.97. The molecule has 0 atom stereocenters. The molecule has 0 saturated carbocycles. The molecule has 0 aliphatic carbocycles. The van der Waals surface area contributed by atoms with Crippen LogP contribution in [-0.2, 0) is 15.7 Å². The summed E-state index contributed by atoms with van der Waals surface area (Å²) in [6, 6.07) is 10.6. The molecular weight excluding hydrogens is 503 g/mol. The van der Waals surface area contributed by atoms with Crippen LogP contribution in [0.1, 0.15) is 5.56 Å². The molecule has 0 unspecified atom stereocenters. The molecule has 0 bridgehead atoms. The molecule has 10 nitrogen and oxygen atoms in total. The van der Waals surface area contributed by atoms with Gasteiger partial charge in [0, 0.05) is 43.1 Å². The van der Waals surface area contributed by atoms with Crippen molar-refractivity contribution in [1.82, 2.24) is 15.0 Å². The number of halogens is 3. The van der Waals surface area contributed by atoms with Gasteiger partial charge in [-0.15, -0.1) is 0 Å². The Labute approximate surface area is 216 Å². The van der Waals surface area contributed by atoms with Gasteiger partial charge < -0.3 is 29.9 Å². The van der Waals surface area contributed by atoms with Gasteiger partial charge in [-0.25, -0.2) is 4.79 Å². The fourth-order valence-corrected chi connectivity index (χ4v) is 4.03. The van der Waals surface area contributed by atoms with Crippen molar-refractivity contribution in [3.8, 4) is 11.4 Å². The molecule has 3 heterocycles. The van der Waals surface area contributed by atoms with Crippen molar-refractivity contribution in [3.05, 3.63) is 54.1 Å². The number of aromatic nitrogens is 3. The van der Waals surface area contributed by atoms with Crippen LogP contribution in [0.2, 0.25) is 0 Å². The first-order valence-corrected chi connectivity index (χ1v) is 12.1. The van der Waals surface area contributed by atoms with Gasteiger partial charge in [0.15, 0.2) is 5.82 Å². The fourth-order valence-electron chi connectivity index (χ4n) is 4.03. The minimum Gasteiger partial charge on any atom is -0.378 e. The molecule has 3 aromatic rings. The number of alkyl halides is 3. The van der Waals surface area contributed by atoms with Crippen molar-refractivity contribution < 1.29 is 27.4 Å². The molecule has 0 radical (unpaired) electrons. The van der Waals surface area contributed by atoms with E-state index in [9.17, 15) is 18.0 Å². The predicted molar refractivity (Wildman–Crippen MR) is 135 cm³/mol. The van der Waals surface area contributed by atoms with Crippen LogP contribution in [0.15, 0.2) is 48.5 Å². The van der Waals surface area contributed by atoms with Crippen LogP contribution in [0.4, 0.5) is 41.2 Å². The Morgan fingerprint density at radius 3 is 1.61 bits per heavy atom. The third kappa shape index (κ3) is 6.29. The molecule has 2 aliphatic rings. The molecule has 2 aliphatic heterocycles. The van der Waals surface area contributed by atoms with Crippen LogP contribution in [0, 0.1) is 0 Å². The third-order valence-corrected chi connectivity index (χ3v) is 6.07. The normalized spacial score (nSPS) is 16.3. The second-order valence-corrected chi connectivity index (χ2v) is 8.69. The van der Waals surface area contributed by atoms with Crippen LogP contribution in [0.3, 0.4) is 0 Å². The first-order chi connectivity index (χ1) is 18.3. The number of benzene rings is 2. The lowest BCUT2D eigenvalue weighted by Crippen LogP contribution is -2.40. The molecule has 5 rings (SSSR count). The molecule has 2 aromatic carbocycles. The summed E-state index contributed by atoms with van der Waals surface area (Å²) in [6.07, 6.45) is -4.44. The number of morpholine rings is 2. The molecule has 13 heteroatoms. The van der Waals surface area contributed by atoms with Crippen LogP contribution in [0.25, 0.3) is 11.4 Å². The monoisotopic (exact) mass is 529 g/mol. The fraction of sp³-hybridized carbons (Fsp3) is 0.360. The minimum absolute atomic E-state index is 0.239. The van der Waals surface area contributed by atoms with Gasteiger partial charge in [-0.3, -0.25) is 0 Å². The number of urea groups is 1. The Morgan fingerprint density at radius 1 is 0.711 bits per heavy atom. The standard InChI is InChI=1S/C25H26F3N7O3/c26-25(27,28)18-3-7-20(8-4-18)30-24(36)29-19-5-1-17(2-6-19)21-31-22(34-9-13-37-14-10-34)33-23(32-21)35-11-15-38-16-12-35/h1-8H,9-16H2,(H2,29,30,36). The second kappa shape index (κ2) is 11.2. The van der Waals surface area contributed by atoms with E-state index in [1.54, 1.807) is 24.3 Å². The summed E-state index contributed by atoms with van der Waals surface area (Å²) in [5.41, 5.74) is 0.689. The first-order valence-electron chi connectivity index (χ1n) is 12.1. The van der Waals surface area contributed by atoms with Crippen molar-refractivity contribution in [2.45, 2.75) is 6.18 Å². The number of hydrogen-bond donors (Lipinski definition) is 2. The number of nitrogens with zero attached hydrogens (tertiary/aromatic N) is 5. The summed E-state index contributed by atoms with van der Waals surface area (Å²) in [4.78, 5) is 30.6. The molecule has 2 N–H and O–H groups in total. The van der Waals surface area contributed by atoms with Crippen molar-refractivity contribution in [1.29, 1.82) is 0 Å². The quantitative estimate of drug-likeness (QED) is 0.513.